The molecule has 0 rings (SSSR count). The maximum Gasteiger partial charge on any atom is 0.306 e. The average Bonchev–Trinajstić information content (AvgIpc) is 3.28. The maximum atomic E-state index is 13.2. The third-order valence-corrected chi connectivity index (χ3v) is 12.1. The lowest BCUT2D eigenvalue weighted by Crippen LogP contribution is -2.46. The Kier molecular flexibility index (Phi) is 48.6. The third kappa shape index (κ3) is 45.9. The zero-order chi connectivity index (χ0) is 45.9. The van der Waals surface area contributed by atoms with Crippen molar-refractivity contribution >= 4 is 11.9 Å². The zero-order valence-electron chi connectivity index (χ0n) is 41.7. The normalized spacial score (nSPS) is 13.7. The fraction of sp³-hybridized carbons (Fsp3) is 0.789. The van der Waals surface area contributed by atoms with Crippen LogP contribution >= 0.6 is 0 Å². The molecule has 0 saturated heterocycles. The molecule has 3 unspecified atom stereocenters. The van der Waals surface area contributed by atoms with E-state index in [0.717, 1.165) is 89.9 Å². The Balaban J connectivity index is 4.60. The summed E-state index contributed by atoms with van der Waals surface area (Å²) in [6.45, 7) is 6.37. The van der Waals surface area contributed by atoms with E-state index in [2.05, 4.69) is 86.8 Å². The molecule has 0 aliphatic carbocycles. The minimum atomic E-state index is -0.793. The standard InChI is InChI=1S/C57H103NO5/c1-4-7-10-13-16-19-22-25-26-27-28-29-30-32-35-38-41-44-47-50-57(62)63-53(48-45-42-39-36-33-31-23-20-17-14-11-8-5-2)51-56(61)58-54(52-59)55(60)49-46-43-40-37-34-24-21-18-15-12-9-6-3/h7,10,16,19,25-26,28-29,32,35,53-55,59-60H,4-6,8-9,11-15,17-18,20-24,27,30-31,33-34,36-52H2,1-3H3,(H,58,61)/b10-7-,19-16-,26-25-,29-28-,35-32-. The molecule has 6 nitrogen and oxygen atoms in total. The molecule has 63 heavy (non-hydrogen) atoms. The summed E-state index contributed by atoms with van der Waals surface area (Å²) in [5, 5.41) is 23.8. The van der Waals surface area contributed by atoms with Gasteiger partial charge in [0.1, 0.15) is 6.10 Å². The van der Waals surface area contributed by atoms with Crippen molar-refractivity contribution in [1.82, 2.24) is 5.32 Å². The first kappa shape index (κ1) is 60.6. The molecule has 0 aromatic rings. The van der Waals surface area contributed by atoms with Crippen LogP contribution in [0.15, 0.2) is 60.8 Å². The summed E-state index contributed by atoms with van der Waals surface area (Å²) in [6, 6.07) is -0.708. The first-order chi connectivity index (χ1) is 31.0. The second-order valence-corrected chi connectivity index (χ2v) is 18.3. The predicted octanol–water partition coefficient (Wildman–Crippen LogP) is 16.4. The summed E-state index contributed by atoms with van der Waals surface area (Å²) in [5.74, 6) is -0.504. The minimum absolute atomic E-state index is 0.0654. The second kappa shape index (κ2) is 50.6. The van der Waals surface area contributed by atoms with Crippen LogP contribution in [0, 0.1) is 0 Å². The molecule has 0 aliphatic heterocycles. The Morgan fingerprint density at radius 3 is 1.29 bits per heavy atom. The van der Waals surface area contributed by atoms with Crippen LogP contribution < -0.4 is 5.32 Å². The molecular formula is C57H103NO5. The summed E-state index contributed by atoms with van der Waals surface area (Å²) in [7, 11) is 0. The van der Waals surface area contributed by atoms with Gasteiger partial charge in [0, 0.05) is 6.42 Å². The monoisotopic (exact) mass is 882 g/mol. The van der Waals surface area contributed by atoms with E-state index in [4.69, 9.17) is 4.74 Å². The van der Waals surface area contributed by atoms with E-state index in [1.54, 1.807) is 0 Å². The summed E-state index contributed by atoms with van der Waals surface area (Å²) < 4.78 is 5.93. The number of carbonyl (C=O) groups excluding carboxylic acids is 2. The number of aliphatic hydroxyl groups excluding tert-OH is 2. The van der Waals surface area contributed by atoms with Crippen LogP contribution in [0.4, 0.5) is 0 Å². The molecule has 0 saturated carbocycles. The van der Waals surface area contributed by atoms with Crippen molar-refractivity contribution < 1.29 is 24.5 Å². The van der Waals surface area contributed by atoms with Crippen LogP contribution in [0.2, 0.25) is 0 Å². The number of allylic oxidation sites excluding steroid dienone is 10. The van der Waals surface area contributed by atoms with Gasteiger partial charge in [-0.15, -0.1) is 0 Å². The van der Waals surface area contributed by atoms with E-state index >= 15 is 0 Å². The van der Waals surface area contributed by atoms with E-state index in [9.17, 15) is 19.8 Å². The molecule has 0 aliphatic rings. The van der Waals surface area contributed by atoms with Gasteiger partial charge in [-0.1, -0.05) is 242 Å². The number of hydrogen-bond acceptors (Lipinski definition) is 5. The van der Waals surface area contributed by atoms with Crippen LogP contribution in [0.5, 0.6) is 0 Å². The van der Waals surface area contributed by atoms with Gasteiger partial charge >= 0.3 is 5.97 Å². The zero-order valence-corrected chi connectivity index (χ0v) is 41.7. The molecule has 3 N–H and O–H groups in total. The summed E-state index contributed by atoms with van der Waals surface area (Å²) in [6.07, 6.45) is 62.8. The number of hydrogen-bond donors (Lipinski definition) is 3. The van der Waals surface area contributed by atoms with Crippen molar-refractivity contribution in [3.63, 3.8) is 0 Å². The van der Waals surface area contributed by atoms with Crippen molar-refractivity contribution in [2.75, 3.05) is 6.61 Å². The third-order valence-electron chi connectivity index (χ3n) is 12.1. The highest BCUT2D eigenvalue weighted by Gasteiger charge is 2.24. The number of ether oxygens (including phenoxy) is 1. The van der Waals surface area contributed by atoms with Gasteiger partial charge in [-0.2, -0.15) is 0 Å². The highest BCUT2D eigenvalue weighted by atomic mass is 16.5. The van der Waals surface area contributed by atoms with Gasteiger partial charge in [-0.3, -0.25) is 9.59 Å². The molecule has 1 amide bonds. The number of carbonyl (C=O) groups is 2. The van der Waals surface area contributed by atoms with Crippen molar-refractivity contribution in [2.45, 2.75) is 283 Å². The van der Waals surface area contributed by atoms with Crippen molar-refractivity contribution in [3.05, 3.63) is 60.8 Å². The first-order valence-electron chi connectivity index (χ1n) is 27.0. The number of nitrogens with one attached hydrogen (secondary N) is 1. The van der Waals surface area contributed by atoms with Gasteiger partial charge in [-0.05, 0) is 70.6 Å². The Hall–Kier alpha value is -2.44. The fourth-order valence-electron chi connectivity index (χ4n) is 8.05. The SMILES string of the molecule is CC/C=C\C/C=C\C/C=C\C/C=C\C/C=C\CCCCCC(=O)OC(CCCCCCCCCCCCCCC)CC(=O)NC(CO)C(O)CCCCCCCCCCCCCC. The van der Waals surface area contributed by atoms with Crippen molar-refractivity contribution in [2.24, 2.45) is 0 Å². The number of esters is 1. The first-order valence-corrected chi connectivity index (χ1v) is 27.0. The molecule has 0 radical (unpaired) electrons. The minimum Gasteiger partial charge on any atom is -0.462 e. The number of aliphatic hydroxyl groups is 2. The average molecular weight is 882 g/mol. The number of unbranched alkanes of at least 4 members (excludes halogenated alkanes) is 26. The van der Waals surface area contributed by atoms with Crippen LogP contribution in [0.1, 0.15) is 265 Å². The topological polar surface area (TPSA) is 95.9 Å². The van der Waals surface area contributed by atoms with E-state index in [-0.39, 0.29) is 24.9 Å². The molecule has 366 valence electrons. The largest absolute Gasteiger partial charge is 0.462 e. The summed E-state index contributed by atoms with van der Waals surface area (Å²) >= 11 is 0. The highest BCUT2D eigenvalue weighted by Crippen LogP contribution is 2.18. The van der Waals surface area contributed by atoms with E-state index in [1.165, 1.54) is 128 Å². The lowest BCUT2D eigenvalue weighted by Gasteiger charge is -2.24. The fourth-order valence-corrected chi connectivity index (χ4v) is 8.05. The van der Waals surface area contributed by atoms with Crippen LogP contribution in [-0.2, 0) is 14.3 Å². The van der Waals surface area contributed by atoms with Gasteiger partial charge in [-0.25, -0.2) is 0 Å². The van der Waals surface area contributed by atoms with Crippen LogP contribution in [0.3, 0.4) is 0 Å². The quantitative estimate of drug-likeness (QED) is 0.0321. The number of rotatable bonds is 48. The molecule has 0 aromatic heterocycles. The van der Waals surface area contributed by atoms with Crippen LogP contribution in [0.25, 0.3) is 0 Å². The van der Waals surface area contributed by atoms with Crippen molar-refractivity contribution in [3.8, 4) is 0 Å². The Morgan fingerprint density at radius 1 is 0.476 bits per heavy atom. The lowest BCUT2D eigenvalue weighted by atomic mass is 10.0. The molecule has 3 atom stereocenters. The Labute approximate surface area is 390 Å². The predicted molar refractivity (Wildman–Crippen MR) is 273 cm³/mol. The van der Waals surface area contributed by atoms with E-state index in [0.29, 0.717) is 19.3 Å². The molecule has 0 fully saturated rings. The van der Waals surface area contributed by atoms with E-state index < -0.39 is 18.2 Å². The molecule has 0 aromatic carbocycles. The molecule has 0 bridgehead atoms. The van der Waals surface area contributed by atoms with Gasteiger partial charge in [0.25, 0.3) is 0 Å². The summed E-state index contributed by atoms with van der Waals surface area (Å²) in [4.78, 5) is 26.2. The Bertz CT molecular complexity index is 1130. The molecule has 0 heterocycles. The summed E-state index contributed by atoms with van der Waals surface area (Å²) in [5.41, 5.74) is 0. The molecular weight excluding hydrogens is 779 g/mol. The van der Waals surface area contributed by atoms with Crippen LogP contribution in [-0.4, -0.2) is 46.9 Å². The van der Waals surface area contributed by atoms with E-state index in [1.807, 2.05) is 0 Å². The molecule has 0 spiro atoms. The highest BCUT2D eigenvalue weighted by molar-refractivity contribution is 5.77. The van der Waals surface area contributed by atoms with Gasteiger partial charge in [0.2, 0.25) is 5.91 Å². The molecule has 6 heteroatoms. The Morgan fingerprint density at radius 2 is 0.857 bits per heavy atom. The number of amides is 1. The lowest BCUT2D eigenvalue weighted by molar-refractivity contribution is -0.151. The second-order valence-electron chi connectivity index (χ2n) is 18.3. The smallest absolute Gasteiger partial charge is 0.306 e. The van der Waals surface area contributed by atoms with Gasteiger partial charge < -0.3 is 20.3 Å². The van der Waals surface area contributed by atoms with Gasteiger partial charge in [0.15, 0.2) is 0 Å². The maximum absolute atomic E-state index is 13.2. The van der Waals surface area contributed by atoms with Crippen molar-refractivity contribution in [1.29, 1.82) is 0 Å². The van der Waals surface area contributed by atoms with Gasteiger partial charge in [0.05, 0.1) is 25.2 Å².